The molecule has 1 fully saturated rings. The molecule has 2 aromatic rings. The summed E-state index contributed by atoms with van der Waals surface area (Å²) in [4.78, 5) is 14.5. The summed E-state index contributed by atoms with van der Waals surface area (Å²) in [7, 11) is -1.02. The quantitative estimate of drug-likeness (QED) is 0.795. The van der Waals surface area contributed by atoms with E-state index in [0.717, 1.165) is 17.7 Å². The number of halogens is 3. The number of hydrogen-bond donors (Lipinski definition) is 0. The van der Waals surface area contributed by atoms with Crippen molar-refractivity contribution in [2.24, 2.45) is 0 Å². The molecule has 1 aliphatic rings. The fourth-order valence-electron chi connectivity index (χ4n) is 3.09. The lowest BCUT2D eigenvalue weighted by Gasteiger charge is -2.35. The minimum atomic E-state index is -4.40. The van der Waals surface area contributed by atoms with E-state index in [2.05, 4.69) is 5.10 Å². The van der Waals surface area contributed by atoms with Crippen molar-refractivity contribution in [1.29, 1.82) is 0 Å². The largest absolute Gasteiger partial charge is 0.416 e. The summed E-state index contributed by atoms with van der Waals surface area (Å²) in [6.45, 7) is 2.99. The Kier molecular flexibility index (Phi) is 5.69. The van der Waals surface area contributed by atoms with Gasteiger partial charge in [0.1, 0.15) is 0 Å². The van der Waals surface area contributed by atoms with Gasteiger partial charge in [-0.1, -0.05) is 12.1 Å². The van der Waals surface area contributed by atoms with Gasteiger partial charge >= 0.3 is 6.18 Å². The van der Waals surface area contributed by atoms with Crippen LogP contribution in [0.5, 0.6) is 0 Å². The van der Waals surface area contributed by atoms with Gasteiger partial charge in [-0.3, -0.25) is 13.7 Å². The van der Waals surface area contributed by atoms with Gasteiger partial charge in [-0.15, -0.1) is 0 Å². The molecule has 1 aromatic carbocycles. The van der Waals surface area contributed by atoms with Crippen molar-refractivity contribution in [2.45, 2.75) is 32.1 Å². The highest BCUT2D eigenvalue weighted by molar-refractivity contribution is 7.85. The molecule has 0 saturated carbocycles. The van der Waals surface area contributed by atoms with E-state index in [0.29, 0.717) is 30.2 Å². The van der Waals surface area contributed by atoms with Crippen LogP contribution in [0, 0.1) is 0 Å². The van der Waals surface area contributed by atoms with Crippen molar-refractivity contribution in [2.75, 3.05) is 18.1 Å². The molecule has 9 heteroatoms. The van der Waals surface area contributed by atoms with E-state index in [4.69, 9.17) is 0 Å². The highest BCUT2D eigenvalue weighted by Crippen LogP contribution is 2.30. The Labute approximate surface area is 157 Å². The van der Waals surface area contributed by atoms with Crippen LogP contribution in [-0.2, 0) is 34.7 Å². The lowest BCUT2D eigenvalue weighted by Crippen LogP contribution is -2.45. The van der Waals surface area contributed by atoms with Crippen molar-refractivity contribution in [1.82, 2.24) is 14.7 Å². The van der Waals surface area contributed by atoms with Crippen LogP contribution >= 0.6 is 0 Å². The Morgan fingerprint density at radius 2 is 2.00 bits per heavy atom. The maximum absolute atomic E-state index is 12.8. The molecule has 3 rings (SSSR count). The van der Waals surface area contributed by atoms with Crippen molar-refractivity contribution in [3.05, 3.63) is 53.3 Å². The molecule has 0 radical (unpaired) electrons. The zero-order chi connectivity index (χ0) is 19.6. The molecule has 1 saturated heterocycles. The molecule has 1 aromatic heterocycles. The Hall–Kier alpha value is -2.16. The second kappa shape index (κ2) is 7.84. The van der Waals surface area contributed by atoms with Crippen LogP contribution in [0.4, 0.5) is 13.2 Å². The molecule has 2 atom stereocenters. The number of hydrogen-bond acceptors (Lipinski definition) is 3. The lowest BCUT2D eigenvalue weighted by molar-refractivity contribution is -0.137. The monoisotopic (exact) mass is 399 g/mol. The first-order valence-electron chi connectivity index (χ1n) is 8.61. The summed E-state index contributed by atoms with van der Waals surface area (Å²) in [5, 5.41) is 4.22. The zero-order valence-electron chi connectivity index (χ0n) is 14.8. The number of aromatic nitrogens is 2. The van der Waals surface area contributed by atoms with Gasteiger partial charge < -0.3 is 4.90 Å². The number of amides is 1. The third-order valence-electron chi connectivity index (χ3n) is 4.60. The summed E-state index contributed by atoms with van der Waals surface area (Å²) < 4.78 is 51.8. The fraction of sp³-hybridized carbons (Fsp3) is 0.444. The highest BCUT2D eigenvalue weighted by atomic mass is 32.2. The summed E-state index contributed by atoms with van der Waals surface area (Å²) in [5.74, 6) is 0.548. The van der Waals surface area contributed by atoms with Gasteiger partial charge in [0.25, 0.3) is 0 Å². The number of nitrogens with zero attached hydrogens (tertiary/aromatic N) is 3. The van der Waals surface area contributed by atoms with Crippen molar-refractivity contribution in [3.8, 4) is 0 Å². The van der Waals surface area contributed by atoms with Crippen molar-refractivity contribution >= 4 is 16.7 Å². The molecule has 146 valence electrons. The second-order valence-corrected chi connectivity index (χ2v) is 8.04. The summed E-state index contributed by atoms with van der Waals surface area (Å²) >= 11 is 0. The van der Waals surface area contributed by atoms with E-state index < -0.39 is 22.5 Å². The number of benzene rings is 1. The number of carbonyl (C=O) groups is 1. The molecule has 1 amide bonds. The molecule has 5 nitrogen and oxygen atoms in total. The molecule has 0 N–H and O–H groups in total. The van der Waals surface area contributed by atoms with Gasteiger partial charge in [0.15, 0.2) is 0 Å². The van der Waals surface area contributed by atoms with Crippen LogP contribution in [0.3, 0.4) is 0 Å². The third-order valence-corrected chi connectivity index (χ3v) is 5.92. The average molecular weight is 399 g/mol. The number of alkyl halides is 3. The Morgan fingerprint density at radius 3 is 2.59 bits per heavy atom. The molecular weight excluding hydrogens is 379 g/mol. The van der Waals surface area contributed by atoms with Crippen LogP contribution < -0.4 is 0 Å². The molecule has 27 heavy (non-hydrogen) atoms. The van der Waals surface area contributed by atoms with Crippen molar-refractivity contribution in [3.63, 3.8) is 0 Å². The Bertz CT molecular complexity index is 833. The van der Waals surface area contributed by atoms with E-state index >= 15 is 0 Å². The summed E-state index contributed by atoms with van der Waals surface area (Å²) in [6.07, 6.45) is -0.881. The van der Waals surface area contributed by atoms with Crippen LogP contribution in [-0.4, -0.2) is 42.8 Å². The van der Waals surface area contributed by atoms with Gasteiger partial charge in [0.2, 0.25) is 5.91 Å². The predicted molar refractivity (Wildman–Crippen MR) is 95.4 cm³/mol. The van der Waals surface area contributed by atoms with Gasteiger partial charge in [-0.2, -0.15) is 18.3 Å². The Balaban J connectivity index is 1.76. The van der Waals surface area contributed by atoms with Crippen LogP contribution in [0.1, 0.15) is 29.7 Å². The maximum Gasteiger partial charge on any atom is 0.416 e. The Morgan fingerprint density at radius 1 is 1.30 bits per heavy atom. The topological polar surface area (TPSA) is 55.2 Å². The van der Waals surface area contributed by atoms with Crippen LogP contribution in [0.2, 0.25) is 0 Å². The van der Waals surface area contributed by atoms with E-state index in [1.165, 1.54) is 12.1 Å². The maximum atomic E-state index is 12.8. The standard InChI is InChI=1S/C18H20F3N3O2S/c1-2-23-11-14(10-22-23)16-12-27(26)8-7-24(16)17(25)9-13-3-5-15(6-4-13)18(19,20)21/h3-6,10-11,16H,2,7-9,12H2,1H3/t16-,27-/m0/s1. The van der Waals surface area contributed by atoms with Crippen molar-refractivity contribution < 1.29 is 22.2 Å². The first kappa shape index (κ1) is 19.6. The van der Waals surface area contributed by atoms with E-state index in [1.54, 1.807) is 15.8 Å². The highest BCUT2D eigenvalue weighted by Gasteiger charge is 2.33. The normalized spacial score (nSPS) is 20.7. The van der Waals surface area contributed by atoms with E-state index in [1.807, 2.05) is 13.1 Å². The number of aryl methyl sites for hydroxylation is 1. The van der Waals surface area contributed by atoms with Crippen LogP contribution in [0.25, 0.3) is 0 Å². The predicted octanol–water partition coefficient (Wildman–Crippen LogP) is 2.80. The van der Waals surface area contributed by atoms with Gasteiger partial charge in [0, 0.05) is 47.2 Å². The third kappa shape index (κ3) is 4.58. The smallest absolute Gasteiger partial charge is 0.333 e. The number of rotatable bonds is 4. The zero-order valence-corrected chi connectivity index (χ0v) is 15.6. The first-order valence-corrected chi connectivity index (χ1v) is 10.1. The first-order chi connectivity index (χ1) is 12.8. The molecule has 0 bridgehead atoms. The minimum Gasteiger partial charge on any atom is -0.333 e. The SMILES string of the molecule is CCn1cc([C@@H]2C[S@@](=O)CCN2C(=O)Cc2ccc(C(F)(F)F)cc2)cn1. The molecule has 2 heterocycles. The van der Waals surface area contributed by atoms with Gasteiger partial charge in [-0.25, -0.2) is 0 Å². The molecule has 0 unspecified atom stereocenters. The summed E-state index contributed by atoms with van der Waals surface area (Å²) in [6, 6.07) is 4.29. The van der Waals surface area contributed by atoms with E-state index in [-0.39, 0.29) is 18.4 Å². The minimum absolute atomic E-state index is 0.00316. The molecule has 0 aliphatic carbocycles. The van der Waals surface area contributed by atoms with Crippen LogP contribution in [0.15, 0.2) is 36.7 Å². The van der Waals surface area contributed by atoms with Gasteiger partial charge in [-0.05, 0) is 24.6 Å². The average Bonchev–Trinajstić information content (AvgIpc) is 3.10. The molecular formula is C18H20F3N3O2S. The second-order valence-electron chi connectivity index (χ2n) is 6.41. The molecule has 1 aliphatic heterocycles. The van der Waals surface area contributed by atoms with E-state index in [9.17, 15) is 22.2 Å². The summed E-state index contributed by atoms with van der Waals surface area (Å²) in [5.41, 5.74) is 0.602. The fourth-order valence-corrected chi connectivity index (χ4v) is 4.38. The lowest BCUT2D eigenvalue weighted by atomic mass is 10.1. The molecule has 0 spiro atoms. The van der Waals surface area contributed by atoms with Gasteiger partial charge in [0.05, 0.1) is 24.2 Å². The number of carbonyl (C=O) groups excluding carboxylic acids is 1.